The zero-order valence-electron chi connectivity index (χ0n) is 19.9. The van der Waals surface area contributed by atoms with Crippen molar-refractivity contribution in [3.63, 3.8) is 0 Å². The Morgan fingerprint density at radius 3 is 2.28 bits per heavy atom. The zero-order valence-corrected chi connectivity index (χ0v) is 19.9. The monoisotopic (exact) mass is 550 g/mol. The van der Waals surface area contributed by atoms with E-state index < -0.39 is 94.6 Å². The Hall–Kier alpha value is -4.57. The summed E-state index contributed by atoms with van der Waals surface area (Å²) < 4.78 is 25.6. The van der Waals surface area contributed by atoms with Crippen molar-refractivity contribution in [2.24, 2.45) is 0 Å². The zero-order chi connectivity index (χ0) is 28.6. The molecule has 15 nitrogen and oxygen atoms in total. The van der Waals surface area contributed by atoms with Gasteiger partial charge in [-0.25, -0.2) is 9.59 Å². The molecule has 4 rings (SSSR count). The van der Waals surface area contributed by atoms with Crippen molar-refractivity contribution in [1.82, 2.24) is 0 Å². The number of hydrogen-bond donors (Lipinski definition) is 7. The van der Waals surface area contributed by atoms with Gasteiger partial charge in [-0.2, -0.15) is 0 Å². The van der Waals surface area contributed by atoms with Crippen LogP contribution in [0, 0.1) is 0 Å². The van der Waals surface area contributed by atoms with Crippen molar-refractivity contribution in [2.75, 3.05) is 13.7 Å². The number of aromatic hydroxyl groups is 4. The maximum Gasteiger partial charge on any atom is 0.417 e. The van der Waals surface area contributed by atoms with E-state index in [1.807, 2.05) is 0 Å². The lowest BCUT2D eigenvalue weighted by Gasteiger charge is -2.39. The van der Waals surface area contributed by atoms with Crippen molar-refractivity contribution in [1.29, 1.82) is 0 Å². The quantitative estimate of drug-likeness (QED) is 0.117. The fraction of sp³-hybridized carbons (Fsp3) is 0.292. The first-order chi connectivity index (χ1) is 18.4. The van der Waals surface area contributed by atoms with Crippen LogP contribution in [0.3, 0.4) is 0 Å². The van der Waals surface area contributed by atoms with E-state index >= 15 is 0 Å². The Kier molecular flexibility index (Phi) is 7.51. The summed E-state index contributed by atoms with van der Waals surface area (Å²) in [4.78, 5) is 36.3. The van der Waals surface area contributed by atoms with E-state index in [1.54, 1.807) is 0 Å². The summed E-state index contributed by atoms with van der Waals surface area (Å²) in [5.74, 6) is -6.19. The van der Waals surface area contributed by atoms with Crippen LogP contribution in [0.15, 0.2) is 39.5 Å². The van der Waals surface area contributed by atoms with Gasteiger partial charge in [0.15, 0.2) is 17.3 Å². The number of phenolic OH excluding ortho intramolecular Hbond substituents is 4. The molecule has 0 amide bonds. The van der Waals surface area contributed by atoms with Crippen molar-refractivity contribution < 1.29 is 68.7 Å². The molecule has 0 bridgehead atoms. The maximum absolute atomic E-state index is 13.4. The number of aliphatic hydroxyl groups is 3. The first-order valence-corrected chi connectivity index (χ1v) is 11.1. The van der Waals surface area contributed by atoms with Gasteiger partial charge in [-0.05, 0) is 18.2 Å². The maximum atomic E-state index is 13.4. The van der Waals surface area contributed by atoms with E-state index in [-0.39, 0.29) is 11.1 Å². The van der Waals surface area contributed by atoms with E-state index in [0.29, 0.717) is 0 Å². The molecule has 0 aliphatic carbocycles. The highest BCUT2D eigenvalue weighted by atomic mass is 16.7. The van der Waals surface area contributed by atoms with Gasteiger partial charge in [0.25, 0.3) is 0 Å². The third-order valence-corrected chi connectivity index (χ3v) is 5.79. The van der Waals surface area contributed by atoms with Gasteiger partial charge in [0.05, 0.1) is 7.11 Å². The third kappa shape index (κ3) is 5.23. The Morgan fingerprint density at radius 2 is 1.62 bits per heavy atom. The molecule has 3 aromatic rings. The molecule has 0 saturated carbocycles. The lowest BCUT2D eigenvalue weighted by atomic mass is 9.99. The van der Waals surface area contributed by atoms with Gasteiger partial charge < -0.3 is 59.1 Å². The molecule has 208 valence electrons. The molecular weight excluding hydrogens is 528 g/mol. The number of carbonyl (C=O) groups is 2. The second-order valence-corrected chi connectivity index (χ2v) is 8.35. The highest BCUT2D eigenvalue weighted by Gasteiger charge is 2.46. The number of rotatable bonds is 5. The molecule has 1 aliphatic heterocycles. The molecule has 2 heterocycles. The average Bonchev–Trinajstić information content (AvgIpc) is 2.89. The van der Waals surface area contributed by atoms with Gasteiger partial charge in [0, 0.05) is 17.7 Å². The minimum Gasteiger partial charge on any atom is -0.508 e. The van der Waals surface area contributed by atoms with Crippen LogP contribution >= 0.6 is 0 Å². The first-order valence-electron chi connectivity index (χ1n) is 11.1. The predicted octanol–water partition coefficient (Wildman–Crippen LogP) is -0.815. The number of esters is 2. The SMILES string of the molecule is COC(=O)C(=O)OC[C@H]1O[C@@H](Oc2c(-c3ccc(O)c(O)c3)oc3cc(O)cc(O)c3c2=O)[C@H](O)[C@@H](O)[C@@H]1O. The molecule has 0 unspecified atom stereocenters. The first kappa shape index (κ1) is 27.5. The lowest BCUT2D eigenvalue weighted by Crippen LogP contribution is -2.60. The van der Waals surface area contributed by atoms with Crippen molar-refractivity contribution in [2.45, 2.75) is 30.7 Å². The van der Waals surface area contributed by atoms with Gasteiger partial charge in [-0.1, -0.05) is 0 Å². The summed E-state index contributed by atoms with van der Waals surface area (Å²) in [7, 11) is 0.930. The molecule has 0 spiro atoms. The van der Waals surface area contributed by atoms with Crippen LogP contribution < -0.4 is 10.2 Å². The van der Waals surface area contributed by atoms with E-state index in [4.69, 9.17) is 13.9 Å². The second-order valence-electron chi connectivity index (χ2n) is 8.35. The number of methoxy groups -OCH3 is 1. The highest BCUT2D eigenvalue weighted by molar-refractivity contribution is 6.29. The largest absolute Gasteiger partial charge is 0.508 e. The Morgan fingerprint density at radius 1 is 0.897 bits per heavy atom. The van der Waals surface area contributed by atoms with Crippen LogP contribution in [0.5, 0.6) is 28.7 Å². The number of aliphatic hydroxyl groups excluding tert-OH is 3. The predicted molar refractivity (Wildman–Crippen MR) is 125 cm³/mol. The van der Waals surface area contributed by atoms with E-state index in [1.165, 1.54) is 6.07 Å². The van der Waals surface area contributed by atoms with Crippen molar-refractivity contribution >= 4 is 22.9 Å². The smallest absolute Gasteiger partial charge is 0.417 e. The van der Waals surface area contributed by atoms with Gasteiger partial charge in [0.1, 0.15) is 53.5 Å². The number of hydrogen-bond acceptors (Lipinski definition) is 15. The number of benzene rings is 2. The molecule has 1 fully saturated rings. The Bertz CT molecular complexity index is 1480. The molecule has 0 radical (unpaired) electrons. The van der Waals surface area contributed by atoms with Gasteiger partial charge >= 0.3 is 11.9 Å². The van der Waals surface area contributed by atoms with E-state index in [9.17, 15) is 50.1 Å². The fourth-order valence-electron chi connectivity index (χ4n) is 3.80. The summed E-state index contributed by atoms with van der Waals surface area (Å²) in [6, 6.07) is 5.16. The topological polar surface area (TPSA) is 243 Å². The van der Waals surface area contributed by atoms with Crippen LogP contribution in [0.1, 0.15) is 0 Å². The minimum absolute atomic E-state index is 0.0448. The summed E-state index contributed by atoms with van der Waals surface area (Å²) in [6.45, 7) is -0.802. The summed E-state index contributed by atoms with van der Waals surface area (Å²) in [5, 5.41) is 70.4. The van der Waals surface area contributed by atoms with E-state index in [2.05, 4.69) is 9.47 Å². The molecule has 5 atom stereocenters. The summed E-state index contributed by atoms with van der Waals surface area (Å²) in [6.07, 6.45) is -9.27. The second kappa shape index (κ2) is 10.7. The minimum atomic E-state index is -1.99. The summed E-state index contributed by atoms with van der Waals surface area (Å²) in [5.41, 5.74) is -1.39. The molecule has 1 saturated heterocycles. The molecular formula is C24H22O15. The number of ether oxygens (including phenoxy) is 4. The Labute approximate surface area is 217 Å². The van der Waals surface area contributed by atoms with Crippen LogP contribution in [-0.2, 0) is 23.8 Å². The number of fused-ring (bicyclic) bond motifs is 1. The lowest BCUT2D eigenvalue weighted by molar-refractivity contribution is -0.278. The molecule has 1 aromatic heterocycles. The fourth-order valence-corrected chi connectivity index (χ4v) is 3.80. The van der Waals surface area contributed by atoms with Crippen LogP contribution in [-0.4, -0.2) is 92.1 Å². The molecule has 2 aromatic carbocycles. The standard InChI is InChI=1S/C24H22O15/c1-35-22(33)23(34)36-7-14-16(29)18(31)19(32)24(38-14)39-21-17(30)15-12(28)5-9(25)6-13(15)37-20(21)8-2-3-10(26)11(27)4-8/h2-6,14,16,18-19,24-29,31-32H,7H2,1H3/t14-,16-,18+,19-,24+/m1/s1. The van der Waals surface area contributed by atoms with Gasteiger partial charge in [0.2, 0.25) is 17.5 Å². The van der Waals surface area contributed by atoms with Crippen molar-refractivity contribution in [3.8, 4) is 40.1 Å². The Balaban J connectivity index is 1.77. The van der Waals surface area contributed by atoms with Crippen LogP contribution in [0.4, 0.5) is 0 Å². The number of phenols is 4. The normalized spacial score (nSPS) is 22.8. The van der Waals surface area contributed by atoms with Crippen LogP contribution in [0.25, 0.3) is 22.3 Å². The molecule has 15 heteroatoms. The van der Waals surface area contributed by atoms with Crippen LogP contribution in [0.2, 0.25) is 0 Å². The van der Waals surface area contributed by atoms with Crippen molar-refractivity contribution in [3.05, 3.63) is 40.6 Å². The highest BCUT2D eigenvalue weighted by Crippen LogP contribution is 2.39. The summed E-state index contributed by atoms with van der Waals surface area (Å²) >= 11 is 0. The van der Waals surface area contributed by atoms with Gasteiger partial charge in [-0.3, -0.25) is 4.79 Å². The molecule has 7 N–H and O–H groups in total. The number of carbonyl (C=O) groups excluding carboxylic acids is 2. The molecule has 1 aliphatic rings. The average molecular weight is 550 g/mol. The third-order valence-electron chi connectivity index (χ3n) is 5.79. The van der Waals surface area contributed by atoms with E-state index in [0.717, 1.165) is 31.4 Å². The molecule has 39 heavy (non-hydrogen) atoms. The van der Waals surface area contributed by atoms with Gasteiger partial charge in [-0.15, -0.1) is 0 Å².